The summed E-state index contributed by atoms with van der Waals surface area (Å²) in [6.07, 6.45) is 0.519. The van der Waals surface area contributed by atoms with E-state index in [1.807, 2.05) is 12.1 Å². The van der Waals surface area contributed by atoms with Gasteiger partial charge in [-0.2, -0.15) is 0 Å². The number of ether oxygens (including phenoxy) is 1. The largest absolute Gasteiger partial charge is 0.496 e. The molecular weight excluding hydrogens is 327 g/mol. The third-order valence-corrected chi connectivity index (χ3v) is 4.44. The van der Waals surface area contributed by atoms with Gasteiger partial charge in [0.05, 0.1) is 12.7 Å². The average Bonchev–Trinajstić information content (AvgIpc) is 3.09. The highest BCUT2D eigenvalue weighted by Crippen LogP contribution is 2.23. The van der Waals surface area contributed by atoms with Gasteiger partial charge in [0.2, 0.25) is 5.78 Å². The van der Waals surface area contributed by atoms with Crippen molar-refractivity contribution in [1.29, 1.82) is 0 Å². The average molecular weight is 342 g/mol. The van der Waals surface area contributed by atoms with Gasteiger partial charge >= 0.3 is 0 Å². The molecule has 0 aliphatic rings. The van der Waals surface area contributed by atoms with E-state index in [9.17, 15) is 9.18 Å². The van der Waals surface area contributed by atoms with Gasteiger partial charge in [-0.25, -0.2) is 4.39 Å². The number of alkyl halides is 1. The molecule has 0 N–H and O–H groups in total. The fourth-order valence-electron chi connectivity index (χ4n) is 2.36. The second-order valence-electron chi connectivity index (χ2n) is 5.16. The summed E-state index contributed by atoms with van der Waals surface area (Å²) in [6.45, 7) is -0.499. The van der Waals surface area contributed by atoms with E-state index in [4.69, 9.17) is 4.74 Å². The third-order valence-electron chi connectivity index (χ3n) is 3.51. The Bertz CT molecular complexity index is 863. The van der Waals surface area contributed by atoms with Gasteiger partial charge in [-0.1, -0.05) is 47.7 Å². The molecule has 0 saturated carbocycles. The molecule has 0 bridgehead atoms. The predicted octanol–water partition coefficient (Wildman–Crippen LogP) is 3.84. The topological polar surface area (TPSA) is 52.1 Å². The van der Waals surface area contributed by atoms with E-state index in [-0.39, 0.29) is 5.78 Å². The minimum atomic E-state index is -0.499. The van der Waals surface area contributed by atoms with Crippen molar-refractivity contribution in [2.45, 2.75) is 13.1 Å². The standard InChI is InChI=1S/C18H15FN2O2S/c1-23-15-8-3-2-7-14(15)17(22)18-21-20-16(24-18)10-12-5-4-6-13(9-12)11-19/h2-9H,10-11H2,1H3. The van der Waals surface area contributed by atoms with Crippen LogP contribution in [-0.4, -0.2) is 23.1 Å². The van der Waals surface area contributed by atoms with E-state index >= 15 is 0 Å². The van der Waals surface area contributed by atoms with Crippen molar-refractivity contribution in [2.24, 2.45) is 0 Å². The lowest BCUT2D eigenvalue weighted by atomic mass is 10.1. The number of carbonyl (C=O) groups excluding carboxylic acids is 1. The molecule has 0 fully saturated rings. The van der Waals surface area contributed by atoms with Crippen LogP contribution in [0.15, 0.2) is 48.5 Å². The summed E-state index contributed by atoms with van der Waals surface area (Å²) < 4.78 is 17.9. The summed E-state index contributed by atoms with van der Waals surface area (Å²) >= 11 is 1.24. The summed E-state index contributed by atoms with van der Waals surface area (Å²) in [7, 11) is 1.52. The second kappa shape index (κ2) is 7.31. The van der Waals surface area contributed by atoms with E-state index in [0.717, 1.165) is 5.56 Å². The number of hydrogen-bond acceptors (Lipinski definition) is 5. The van der Waals surface area contributed by atoms with Crippen LogP contribution >= 0.6 is 11.3 Å². The lowest BCUT2D eigenvalue weighted by molar-refractivity contribution is 0.103. The summed E-state index contributed by atoms with van der Waals surface area (Å²) in [5.41, 5.74) is 2.03. The molecule has 3 rings (SSSR count). The molecule has 1 heterocycles. The number of nitrogens with zero attached hydrogens (tertiary/aromatic N) is 2. The lowest BCUT2D eigenvalue weighted by Crippen LogP contribution is -2.03. The summed E-state index contributed by atoms with van der Waals surface area (Å²) in [6, 6.07) is 14.3. The van der Waals surface area contributed by atoms with Crippen LogP contribution in [0.4, 0.5) is 4.39 Å². The molecule has 24 heavy (non-hydrogen) atoms. The van der Waals surface area contributed by atoms with Gasteiger partial charge in [-0.05, 0) is 23.3 Å². The first-order valence-electron chi connectivity index (χ1n) is 7.35. The molecule has 0 atom stereocenters. The first-order chi connectivity index (χ1) is 11.7. The minimum absolute atomic E-state index is 0.214. The van der Waals surface area contributed by atoms with Crippen LogP contribution in [0.2, 0.25) is 0 Å². The van der Waals surface area contributed by atoms with Crippen molar-refractivity contribution in [1.82, 2.24) is 10.2 Å². The second-order valence-corrected chi connectivity index (χ2v) is 6.22. The van der Waals surface area contributed by atoms with E-state index in [1.54, 1.807) is 36.4 Å². The molecule has 0 unspecified atom stereocenters. The molecule has 0 radical (unpaired) electrons. The minimum Gasteiger partial charge on any atom is -0.496 e. The molecule has 0 saturated heterocycles. The van der Waals surface area contributed by atoms with Gasteiger partial charge in [0.15, 0.2) is 5.01 Å². The number of aromatic nitrogens is 2. The Morgan fingerprint density at radius 1 is 1.12 bits per heavy atom. The van der Waals surface area contributed by atoms with Crippen molar-refractivity contribution >= 4 is 17.1 Å². The Morgan fingerprint density at radius 2 is 1.92 bits per heavy atom. The quantitative estimate of drug-likeness (QED) is 0.639. The van der Waals surface area contributed by atoms with E-state index in [2.05, 4.69) is 10.2 Å². The molecule has 3 aromatic rings. The number of hydrogen-bond donors (Lipinski definition) is 0. The number of ketones is 1. The van der Waals surface area contributed by atoms with Crippen molar-refractivity contribution in [3.05, 3.63) is 75.2 Å². The smallest absolute Gasteiger partial charge is 0.227 e. The Labute approximate surface area is 142 Å². The van der Waals surface area contributed by atoms with Crippen LogP contribution in [-0.2, 0) is 13.1 Å². The number of methoxy groups -OCH3 is 1. The van der Waals surface area contributed by atoms with Gasteiger partial charge in [0.25, 0.3) is 0 Å². The van der Waals surface area contributed by atoms with E-state index in [1.165, 1.54) is 18.4 Å². The van der Waals surface area contributed by atoms with Crippen LogP contribution in [0, 0.1) is 0 Å². The summed E-state index contributed by atoms with van der Waals surface area (Å²) in [4.78, 5) is 12.6. The molecule has 0 amide bonds. The Balaban J connectivity index is 1.81. The van der Waals surface area contributed by atoms with E-state index in [0.29, 0.717) is 33.3 Å². The first-order valence-corrected chi connectivity index (χ1v) is 8.17. The van der Waals surface area contributed by atoms with Crippen molar-refractivity contribution in [3.63, 3.8) is 0 Å². The fraction of sp³-hybridized carbons (Fsp3) is 0.167. The van der Waals surface area contributed by atoms with Crippen molar-refractivity contribution < 1.29 is 13.9 Å². The Morgan fingerprint density at radius 3 is 2.71 bits per heavy atom. The zero-order valence-corrected chi connectivity index (χ0v) is 13.8. The van der Waals surface area contributed by atoms with Gasteiger partial charge in [0.1, 0.15) is 17.4 Å². The Kier molecular flexibility index (Phi) is 4.96. The van der Waals surface area contributed by atoms with Crippen LogP contribution in [0.5, 0.6) is 5.75 Å². The Hall–Kier alpha value is -2.60. The maximum atomic E-state index is 12.7. The molecule has 122 valence electrons. The van der Waals surface area contributed by atoms with Crippen LogP contribution < -0.4 is 4.74 Å². The number of para-hydroxylation sites is 1. The molecule has 1 aromatic heterocycles. The highest BCUT2D eigenvalue weighted by Gasteiger charge is 2.18. The molecule has 0 aliphatic heterocycles. The molecule has 6 heteroatoms. The predicted molar refractivity (Wildman–Crippen MR) is 90.4 cm³/mol. The molecular formula is C18H15FN2O2S. The number of benzene rings is 2. The fourth-order valence-corrected chi connectivity index (χ4v) is 3.19. The zero-order valence-electron chi connectivity index (χ0n) is 13.0. The first kappa shape index (κ1) is 16.3. The van der Waals surface area contributed by atoms with Gasteiger partial charge in [-0.15, -0.1) is 10.2 Å². The van der Waals surface area contributed by atoms with Gasteiger partial charge < -0.3 is 4.74 Å². The number of rotatable bonds is 6. The monoisotopic (exact) mass is 342 g/mol. The third kappa shape index (κ3) is 3.49. The molecule has 4 nitrogen and oxygen atoms in total. The van der Waals surface area contributed by atoms with E-state index < -0.39 is 6.67 Å². The van der Waals surface area contributed by atoms with Crippen molar-refractivity contribution in [2.75, 3.05) is 7.11 Å². The molecule has 2 aromatic carbocycles. The molecule has 0 aliphatic carbocycles. The molecule has 0 spiro atoms. The maximum absolute atomic E-state index is 12.7. The zero-order chi connectivity index (χ0) is 16.9. The lowest BCUT2D eigenvalue weighted by Gasteiger charge is -2.04. The normalized spacial score (nSPS) is 10.6. The van der Waals surface area contributed by atoms with Gasteiger partial charge in [-0.3, -0.25) is 4.79 Å². The SMILES string of the molecule is COc1ccccc1C(=O)c1nnc(Cc2cccc(CF)c2)s1. The maximum Gasteiger partial charge on any atom is 0.227 e. The number of carbonyl (C=O) groups is 1. The van der Waals surface area contributed by atoms with Gasteiger partial charge in [0, 0.05) is 6.42 Å². The van der Waals surface area contributed by atoms with Crippen LogP contribution in [0.25, 0.3) is 0 Å². The van der Waals surface area contributed by atoms with Crippen LogP contribution in [0.1, 0.15) is 31.5 Å². The summed E-state index contributed by atoms with van der Waals surface area (Å²) in [5, 5.41) is 9.11. The number of halogens is 1. The van der Waals surface area contributed by atoms with Crippen molar-refractivity contribution in [3.8, 4) is 5.75 Å². The van der Waals surface area contributed by atoms with Crippen LogP contribution in [0.3, 0.4) is 0 Å². The highest BCUT2D eigenvalue weighted by atomic mass is 32.1. The highest BCUT2D eigenvalue weighted by molar-refractivity contribution is 7.13. The summed E-state index contributed by atoms with van der Waals surface area (Å²) in [5.74, 6) is 0.295.